The molecule has 0 unspecified atom stereocenters. The molecule has 0 fully saturated rings. The summed E-state index contributed by atoms with van der Waals surface area (Å²) in [7, 11) is 0. The number of aliphatic hydroxyl groups is 4. The molecule has 6 heteroatoms. The molecule has 0 aliphatic carbocycles. The number of carboxylic acid groups (broad SMARTS) is 1. The minimum atomic E-state index is -2.18. The third-order valence-corrected chi connectivity index (χ3v) is 1.15. The van der Waals surface area contributed by atoms with E-state index in [1.54, 1.807) is 0 Å². The van der Waals surface area contributed by atoms with Crippen molar-refractivity contribution < 1.29 is 30.3 Å². The number of carbonyl (C=O) groups excluding carboxylic acids is 1. The first-order chi connectivity index (χ1) is 5.00. The summed E-state index contributed by atoms with van der Waals surface area (Å²) in [5.41, 5.74) is 0. The molecule has 0 aromatic carbocycles. The molecule has 0 radical (unpaired) electrons. The summed E-state index contributed by atoms with van der Waals surface area (Å²) in [6, 6.07) is 0. The first-order valence-electron chi connectivity index (χ1n) is 2.86. The quantitative estimate of drug-likeness (QED) is 0.335. The predicted molar refractivity (Wildman–Crippen MR) is 30.1 cm³/mol. The second kappa shape index (κ2) is 4.24. The third kappa shape index (κ3) is 2.81. The fourth-order valence-electron chi connectivity index (χ4n) is 0.458. The smallest absolute Gasteiger partial charge is 0.122 e. The van der Waals surface area contributed by atoms with E-state index in [0.29, 0.717) is 0 Å². The Kier molecular flexibility index (Phi) is 3.98. The Morgan fingerprint density at radius 3 is 2.09 bits per heavy atom. The first-order valence-corrected chi connectivity index (χ1v) is 2.86. The van der Waals surface area contributed by atoms with Gasteiger partial charge in [-0.05, 0) is 0 Å². The van der Waals surface area contributed by atoms with Crippen LogP contribution in [-0.4, -0.2) is 51.3 Å². The van der Waals surface area contributed by atoms with Gasteiger partial charge >= 0.3 is 0 Å². The van der Waals surface area contributed by atoms with Crippen LogP contribution in [0.4, 0.5) is 0 Å². The maximum Gasteiger partial charge on any atom is 0.122 e. The lowest BCUT2D eigenvalue weighted by Crippen LogP contribution is -2.49. The van der Waals surface area contributed by atoms with Gasteiger partial charge in [0.05, 0.1) is 12.6 Å². The maximum absolute atomic E-state index is 9.85. The van der Waals surface area contributed by atoms with Crippen LogP contribution in [0.3, 0.4) is 0 Å². The molecule has 4 N–H and O–H groups in total. The molecule has 0 heterocycles. The van der Waals surface area contributed by atoms with E-state index < -0.39 is 30.9 Å². The number of carbonyl (C=O) groups is 1. The molecule has 0 bridgehead atoms. The van der Waals surface area contributed by atoms with Gasteiger partial charge in [-0.2, -0.15) is 0 Å². The van der Waals surface area contributed by atoms with Crippen molar-refractivity contribution in [3.05, 3.63) is 0 Å². The normalized spacial score (nSPS) is 18.9. The van der Waals surface area contributed by atoms with Crippen LogP contribution in [0.5, 0.6) is 0 Å². The zero-order chi connectivity index (χ0) is 9.02. The highest BCUT2D eigenvalue weighted by Gasteiger charge is 2.24. The van der Waals surface area contributed by atoms with Crippen molar-refractivity contribution in [2.24, 2.45) is 0 Å². The van der Waals surface area contributed by atoms with E-state index in [1.807, 2.05) is 0 Å². The fourth-order valence-corrected chi connectivity index (χ4v) is 0.458. The second-order valence-corrected chi connectivity index (χ2v) is 2.00. The number of carboxylic acids is 1. The molecule has 3 atom stereocenters. The van der Waals surface area contributed by atoms with Crippen molar-refractivity contribution >= 4 is 5.97 Å². The van der Waals surface area contributed by atoms with Crippen LogP contribution < -0.4 is 5.11 Å². The van der Waals surface area contributed by atoms with E-state index in [9.17, 15) is 9.90 Å². The van der Waals surface area contributed by atoms with Crippen molar-refractivity contribution in [1.82, 2.24) is 0 Å². The lowest BCUT2D eigenvalue weighted by Gasteiger charge is -2.21. The number of hydrogen-bond donors (Lipinski definition) is 4. The lowest BCUT2D eigenvalue weighted by atomic mass is 10.1. The van der Waals surface area contributed by atoms with Gasteiger partial charge in [-0.25, -0.2) is 0 Å². The first kappa shape index (κ1) is 10.3. The molecule has 0 rings (SSSR count). The Bertz CT molecular complexity index is 135. The molecule has 6 nitrogen and oxygen atoms in total. The van der Waals surface area contributed by atoms with Crippen LogP contribution in [0.25, 0.3) is 0 Å². The Labute approximate surface area is 62.3 Å². The summed E-state index contributed by atoms with van der Waals surface area (Å²) in [4.78, 5) is 9.85. The van der Waals surface area contributed by atoms with Gasteiger partial charge in [-0.15, -0.1) is 0 Å². The van der Waals surface area contributed by atoms with Crippen molar-refractivity contribution in [3.63, 3.8) is 0 Å². The monoisotopic (exact) mass is 165 g/mol. The van der Waals surface area contributed by atoms with Gasteiger partial charge in [-0.1, -0.05) is 0 Å². The SMILES string of the molecule is O=C([O-])[C@H](O)[C@H](O)[C@H](O)CO. The molecular formula is C5H9O6-. The third-order valence-electron chi connectivity index (χ3n) is 1.15. The Balaban J connectivity index is 4.00. The molecular weight excluding hydrogens is 156 g/mol. The van der Waals surface area contributed by atoms with Crippen LogP contribution in [-0.2, 0) is 4.79 Å². The van der Waals surface area contributed by atoms with Crippen molar-refractivity contribution in [1.29, 1.82) is 0 Å². The fraction of sp³-hybridized carbons (Fsp3) is 0.800. The van der Waals surface area contributed by atoms with Crippen LogP contribution >= 0.6 is 0 Å². The molecule has 66 valence electrons. The molecule has 0 saturated carbocycles. The number of rotatable bonds is 4. The Hall–Kier alpha value is -0.690. The predicted octanol–water partition coefficient (Wildman–Crippen LogP) is -4.19. The van der Waals surface area contributed by atoms with Gasteiger partial charge in [0.2, 0.25) is 0 Å². The molecule has 11 heavy (non-hydrogen) atoms. The average Bonchev–Trinajstić information content (AvgIpc) is 2.00. The molecule has 0 spiro atoms. The second-order valence-electron chi connectivity index (χ2n) is 2.00. The van der Waals surface area contributed by atoms with E-state index in [-0.39, 0.29) is 0 Å². The lowest BCUT2D eigenvalue weighted by molar-refractivity contribution is -0.319. The van der Waals surface area contributed by atoms with Gasteiger partial charge in [0.25, 0.3) is 0 Å². The summed E-state index contributed by atoms with van der Waals surface area (Å²) < 4.78 is 0. The van der Waals surface area contributed by atoms with Gasteiger partial charge in [0.1, 0.15) is 18.3 Å². The van der Waals surface area contributed by atoms with Crippen LogP contribution in [0.2, 0.25) is 0 Å². The summed E-state index contributed by atoms with van der Waals surface area (Å²) >= 11 is 0. The van der Waals surface area contributed by atoms with Gasteiger partial charge in [-0.3, -0.25) is 0 Å². The minimum absolute atomic E-state index is 0.828. The van der Waals surface area contributed by atoms with Crippen molar-refractivity contribution in [2.45, 2.75) is 18.3 Å². The van der Waals surface area contributed by atoms with Crippen LogP contribution in [0.1, 0.15) is 0 Å². The summed E-state index contributed by atoms with van der Waals surface area (Å²) in [6.07, 6.45) is -5.79. The summed E-state index contributed by atoms with van der Waals surface area (Å²) in [5.74, 6) is -1.90. The highest BCUT2D eigenvalue weighted by molar-refractivity contribution is 5.70. The Morgan fingerprint density at radius 2 is 1.82 bits per heavy atom. The average molecular weight is 165 g/mol. The highest BCUT2D eigenvalue weighted by atomic mass is 16.4. The maximum atomic E-state index is 9.85. The van der Waals surface area contributed by atoms with Gasteiger partial charge < -0.3 is 30.3 Å². The van der Waals surface area contributed by atoms with Gasteiger partial charge in [0.15, 0.2) is 0 Å². The largest absolute Gasteiger partial charge is 0.547 e. The molecule has 0 aromatic heterocycles. The van der Waals surface area contributed by atoms with E-state index in [2.05, 4.69) is 0 Å². The minimum Gasteiger partial charge on any atom is -0.547 e. The highest BCUT2D eigenvalue weighted by Crippen LogP contribution is 1.98. The number of aliphatic carboxylic acids is 1. The van der Waals surface area contributed by atoms with Crippen LogP contribution in [0.15, 0.2) is 0 Å². The molecule has 0 aromatic rings. The number of aliphatic hydroxyl groups excluding tert-OH is 4. The molecule has 0 aliphatic rings. The van der Waals surface area contributed by atoms with E-state index in [1.165, 1.54) is 0 Å². The molecule has 0 saturated heterocycles. The summed E-state index contributed by atoms with van der Waals surface area (Å²) in [6.45, 7) is -0.828. The zero-order valence-corrected chi connectivity index (χ0v) is 5.54. The van der Waals surface area contributed by atoms with Crippen LogP contribution in [0, 0.1) is 0 Å². The molecule has 0 amide bonds. The van der Waals surface area contributed by atoms with E-state index in [4.69, 9.17) is 20.4 Å². The molecule has 0 aliphatic heterocycles. The van der Waals surface area contributed by atoms with Gasteiger partial charge in [0, 0.05) is 0 Å². The van der Waals surface area contributed by atoms with Crippen molar-refractivity contribution in [3.8, 4) is 0 Å². The topological polar surface area (TPSA) is 121 Å². The number of hydrogen-bond acceptors (Lipinski definition) is 6. The summed E-state index contributed by atoms with van der Waals surface area (Å²) in [5, 5.41) is 43.8. The standard InChI is InChI=1S/C5H10O6/c6-1-2(7)3(8)4(9)5(10)11/h2-4,6-9H,1H2,(H,10,11)/p-1/t2-,3-,4-/m1/s1. The zero-order valence-electron chi connectivity index (χ0n) is 5.54. The van der Waals surface area contributed by atoms with E-state index in [0.717, 1.165) is 0 Å². The van der Waals surface area contributed by atoms with E-state index >= 15 is 0 Å². The Morgan fingerprint density at radius 1 is 1.36 bits per heavy atom. The van der Waals surface area contributed by atoms with Crippen molar-refractivity contribution in [2.75, 3.05) is 6.61 Å².